The van der Waals surface area contributed by atoms with E-state index in [0.717, 1.165) is 24.9 Å². The van der Waals surface area contributed by atoms with Crippen LogP contribution in [0, 0.1) is 0 Å². The van der Waals surface area contributed by atoms with Crippen LogP contribution in [0.4, 0.5) is 8.78 Å². The number of halogens is 2. The van der Waals surface area contributed by atoms with Gasteiger partial charge in [-0.25, -0.2) is 0 Å². The van der Waals surface area contributed by atoms with Crippen molar-refractivity contribution in [3.8, 4) is 5.75 Å². The first-order valence-corrected chi connectivity index (χ1v) is 6.57. The Balaban J connectivity index is 1.86. The van der Waals surface area contributed by atoms with E-state index >= 15 is 0 Å². The van der Waals surface area contributed by atoms with Gasteiger partial charge in [-0.1, -0.05) is 12.1 Å². The van der Waals surface area contributed by atoms with Crippen molar-refractivity contribution in [2.75, 3.05) is 6.54 Å². The molecule has 1 aromatic rings. The van der Waals surface area contributed by atoms with Crippen molar-refractivity contribution in [2.45, 2.75) is 38.5 Å². The zero-order valence-corrected chi connectivity index (χ0v) is 11.3. The van der Waals surface area contributed by atoms with Gasteiger partial charge in [0.2, 0.25) is 5.91 Å². The first-order valence-electron chi connectivity index (χ1n) is 6.57. The van der Waals surface area contributed by atoms with Gasteiger partial charge in [0, 0.05) is 6.54 Å². The fourth-order valence-electron chi connectivity index (χ4n) is 2.25. The highest BCUT2D eigenvalue weighted by Gasteiger charge is 2.35. The quantitative estimate of drug-likeness (QED) is 0.870. The van der Waals surface area contributed by atoms with Gasteiger partial charge in [0.1, 0.15) is 5.75 Å². The second-order valence-electron chi connectivity index (χ2n) is 5.07. The number of benzene rings is 1. The Hall–Kier alpha value is -1.69. The standard InChI is InChI=1S/C14H18F2N2O2/c1-14(7-2-8-18-14)12(19)17-9-10-3-5-11(6-4-10)20-13(15)16/h3-6,13,18H,2,7-9H2,1H3,(H,17,19). The van der Waals surface area contributed by atoms with Crippen LogP contribution in [0.3, 0.4) is 0 Å². The Bertz CT molecular complexity index is 457. The van der Waals surface area contributed by atoms with E-state index in [4.69, 9.17) is 0 Å². The smallest absolute Gasteiger partial charge is 0.387 e. The Morgan fingerprint density at radius 2 is 2.15 bits per heavy atom. The molecule has 0 radical (unpaired) electrons. The highest BCUT2D eigenvalue weighted by Crippen LogP contribution is 2.19. The Kier molecular flexibility index (Phi) is 4.54. The van der Waals surface area contributed by atoms with Gasteiger partial charge in [0.15, 0.2) is 0 Å². The zero-order chi connectivity index (χ0) is 14.6. The lowest BCUT2D eigenvalue weighted by Gasteiger charge is -2.23. The number of hydrogen-bond acceptors (Lipinski definition) is 3. The van der Waals surface area contributed by atoms with Crippen LogP contribution in [0.5, 0.6) is 5.75 Å². The molecule has 1 heterocycles. The molecule has 1 fully saturated rings. The van der Waals surface area contributed by atoms with Crippen LogP contribution in [0.2, 0.25) is 0 Å². The van der Waals surface area contributed by atoms with E-state index in [-0.39, 0.29) is 11.7 Å². The number of nitrogens with one attached hydrogen (secondary N) is 2. The number of carbonyl (C=O) groups excluding carboxylic acids is 1. The second-order valence-corrected chi connectivity index (χ2v) is 5.07. The molecule has 2 rings (SSSR count). The largest absolute Gasteiger partial charge is 0.435 e. The summed E-state index contributed by atoms with van der Waals surface area (Å²) >= 11 is 0. The topological polar surface area (TPSA) is 50.4 Å². The molecule has 0 aliphatic carbocycles. The third-order valence-electron chi connectivity index (χ3n) is 3.47. The molecular weight excluding hydrogens is 266 g/mol. The minimum atomic E-state index is -2.83. The second kappa shape index (κ2) is 6.17. The Labute approximate surface area is 116 Å². The highest BCUT2D eigenvalue weighted by atomic mass is 19.3. The van der Waals surface area contributed by atoms with Crippen LogP contribution in [0.25, 0.3) is 0 Å². The molecular formula is C14H18F2N2O2. The maximum absolute atomic E-state index is 12.1. The van der Waals surface area contributed by atoms with Crippen molar-refractivity contribution in [1.29, 1.82) is 0 Å². The third kappa shape index (κ3) is 3.66. The monoisotopic (exact) mass is 284 g/mol. The summed E-state index contributed by atoms with van der Waals surface area (Å²) in [5, 5.41) is 6.04. The fourth-order valence-corrected chi connectivity index (χ4v) is 2.25. The van der Waals surface area contributed by atoms with Gasteiger partial charge < -0.3 is 15.4 Å². The summed E-state index contributed by atoms with van der Waals surface area (Å²) in [4.78, 5) is 12.1. The first-order chi connectivity index (χ1) is 9.49. The molecule has 1 saturated heterocycles. The van der Waals surface area contributed by atoms with E-state index < -0.39 is 12.2 Å². The number of alkyl halides is 2. The minimum absolute atomic E-state index is 0.0390. The molecule has 0 aromatic heterocycles. The fraction of sp³-hybridized carbons (Fsp3) is 0.500. The summed E-state index contributed by atoms with van der Waals surface area (Å²) < 4.78 is 28.3. The lowest BCUT2D eigenvalue weighted by molar-refractivity contribution is -0.126. The first kappa shape index (κ1) is 14.7. The third-order valence-corrected chi connectivity index (χ3v) is 3.47. The molecule has 1 aromatic carbocycles. The van der Waals surface area contributed by atoms with Gasteiger partial charge >= 0.3 is 6.61 Å². The van der Waals surface area contributed by atoms with Gasteiger partial charge in [-0.15, -0.1) is 0 Å². The molecule has 1 unspecified atom stereocenters. The molecule has 1 atom stereocenters. The lowest BCUT2D eigenvalue weighted by atomic mass is 9.99. The number of hydrogen-bond donors (Lipinski definition) is 2. The maximum atomic E-state index is 12.1. The van der Waals surface area contributed by atoms with E-state index in [1.54, 1.807) is 12.1 Å². The van der Waals surface area contributed by atoms with Gasteiger partial charge in [-0.2, -0.15) is 8.78 Å². The lowest BCUT2D eigenvalue weighted by Crippen LogP contribution is -2.50. The van der Waals surface area contributed by atoms with Crippen molar-refractivity contribution in [3.05, 3.63) is 29.8 Å². The molecule has 1 amide bonds. The summed E-state index contributed by atoms with van der Waals surface area (Å²) in [6.07, 6.45) is 1.81. The van der Waals surface area contributed by atoms with Gasteiger partial charge in [-0.3, -0.25) is 4.79 Å². The summed E-state index contributed by atoms with van der Waals surface area (Å²) in [6, 6.07) is 6.23. The van der Waals surface area contributed by atoms with Crippen LogP contribution in [0.1, 0.15) is 25.3 Å². The van der Waals surface area contributed by atoms with Crippen LogP contribution in [0.15, 0.2) is 24.3 Å². The maximum Gasteiger partial charge on any atom is 0.387 e. The normalized spacial score (nSPS) is 22.0. The minimum Gasteiger partial charge on any atom is -0.435 e. The van der Waals surface area contributed by atoms with Crippen LogP contribution >= 0.6 is 0 Å². The molecule has 6 heteroatoms. The van der Waals surface area contributed by atoms with Gasteiger partial charge in [0.25, 0.3) is 0 Å². The number of carbonyl (C=O) groups is 1. The van der Waals surface area contributed by atoms with E-state index in [2.05, 4.69) is 15.4 Å². The molecule has 0 bridgehead atoms. The molecule has 2 N–H and O–H groups in total. The van der Waals surface area contributed by atoms with E-state index in [1.165, 1.54) is 12.1 Å². The molecule has 1 aliphatic heterocycles. The van der Waals surface area contributed by atoms with Crippen LogP contribution in [-0.2, 0) is 11.3 Å². The number of ether oxygens (including phenoxy) is 1. The molecule has 4 nitrogen and oxygen atoms in total. The molecule has 0 saturated carbocycles. The number of amides is 1. The molecule has 110 valence electrons. The predicted molar refractivity (Wildman–Crippen MR) is 70.6 cm³/mol. The molecule has 0 spiro atoms. The van der Waals surface area contributed by atoms with Gasteiger partial charge in [0.05, 0.1) is 5.54 Å². The SMILES string of the molecule is CC1(C(=O)NCc2ccc(OC(F)F)cc2)CCCN1. The highest BCUT2D eigenvalue weighted by molar-refractivity contribution is 5.86. The molecule has 20 heavy (non-hydrogen) atoms. The van der Waals surface area contributed by atoms with Gasteiger partial charge in [-0.05, 0) is 44.0 Å². The Morgan fingerprint density at radius 3 is 2.70 bits per heavy atom. The van der Waals surface area contributed by atoms with Crippen molar-refractivity contribution in [3.63, 3.8) is 0 Å². The van der Waals surface area contributed by atoms with Crippen molar-refractivity contribution >= 4 is 5.91 Å². The van der Waals surface area contributed by atoms with Crippen molar-refractivity contribution < 1.29 is 18.3 Å². The van der Waals surface area contributed by atoms with Crippen molar-refractivity contribution in [1.82, 2.24) is 10.6 Å². The Morgan fingerprint density at radius 1 is 1.45 bits per heavy atom. The summed E-state index contributed by atoms with van der Waals surface area (Å²) in [5.74, 6) is 0.0717. The predicted octanol–water partition coefficient (Wildman–Crippen LogP) is 2.05. The van der Waals surface area contributed by atoms with Crippen LogP contribution < -0.4 is 15.4 Å². The zero-order valence-electron chi connectivity index (χ0n) is 11.3. The summed E-state index contributed by atoms with van der Waals surface area (Å²) in [6.45, 7) is 0.276. The van der Waals surface area contributed by atoms with Crippen molar-refractivity contribution in [2.24, 2.45) is 0 Å². The van der Waals surface area contributed by atoms with E-state index in [9.17, 15) is 13.6 Å². The molecule has 1 aliphatic rings. The average molecular weight is 284 g/mol. The number of rotatable bonds is 5. The summed E-state index contributed by atoms with van der Waals surface area (Å²) in [7, 11) is 0. The average Bonchev–Trinajstić information content (AvgIpc) is 2.85. The van der Waals surface area contributed by atoms with Crippen LogP contribution in [-0.4, -0.2) is 24.6 Å². The van der Waals surface area contributed by atoms with E-state index in [1.807, 2.05) is 6.92 Å². The summed E-state index contributed by atoms with van der Waals surface area (Å²) in [5.41, 5.74) is 0.334. The van der Waals surface area contributed by atoms with E-state index in [0.29, 0.717) is 6.54 Å².